The van der Waals surface area contributed by atoms with Crippen LogP contribution in [0.1, 0.15) is 0 Å². The van der Waals surface area contributed by atoms with Crippen molar-refractivity contribution in [2.75, 3.05) is 0 Å². The third-order valence-electron chi connectivity index (χ3n) is 27.9. The molecule has 28 aromatic rings. The van der Waals surface area contributed by atoms with Crippen LogP contribution in [0.4, 0.5) is 0 Å². The summed E-state index contributed by atoms with van der Waals surface area (Å²) >= 11 is 0. The van der Waals surface area contributed by atoms with Crippen LogP contribution in [0, 0.1) is 0 Å². The Morgan fingerprint density at radius 3 is 0.719 bits per heavy atom. The summed E-state index contributed by atoms with van der Waals surface area (Å²) in [6.45, 7) is 0. The Hall–Kier alpha value is -18.5. The van der Waals surface area contributed by atoms with Gasteiger partial charge in [0.1, 0.15) is 0 Å². The molecule has 0 aliphatic rings. The van der Waals surface area contributed by atoms with Gasteiger partial charge in [-0.25, -0.2) is 15.0 Å². The second-order valence-electron chi connectivity index (χ2n) is 35.9. The van der Waals surface area contributed by atoms with Crippen LogP contribution in [-0.2, 0) is 0 Å². The van der Waals surface area contributed by atoms with Gasteiger partial charge in [-0.2, -0.15) is 0 Å². The molecule has 0 fully saturated rings. The molecule has 0 bridgehead atoms. The number of nitrogens with zero attached hydrogens (tertiary/aromatic N) is 6. The van der Waals surface area contributed by atoms with Gasteiger partial charge < -0.3 is 13.7 Å². The molecule has 0 spiro atoms. The first-order valence-electron chi connectivity index (χ1n) is 47.6. The van der Waals surface area contributed by atoms with Gasteiger partial charge in [0.25, 0.3) is 0 Å². The van der Waals surface area contributed by atoms with E-state index >= 15 is 0 Å². The SMILES string of the molecule is c1ccc(-c2cc(-c3ccc(-n4c5ccc6ccccc6c5c5c6ccccc6ccc54)cc3)cc(-c3ccccc3)n2)cc1.c1ccc(-c2cc(-c3cccc(-n4c5ccc6ccccc6c5c5c6ccccc6ccc54)c3)cc(-c3ccccc3)n2)cc1.c1ccc(-c2cc(-c3ccccc3)nc(-c3cccc4c(-n5c6ccc7ccccc7c6c6c7ccccc7ccc65)cccc34)c2)cc1. The zero-order valence-corrected chi connectivity index (χ0v) is 75.8. The summed E-state index contributed by atoms with van der Waals surface area (Å²) in [6.07, 6.45) is 0. The minimum atomic E-state index is 0.960. The van der Waals surface area contributed by atoms with Crippen LogP contribution >= 0.6 is 0 Å². The molecule has 6 heterocycles. The fraction of sp³-hybridized carbons (Fsp3) is 0. The van der Waals surface area contributed by atoms with Gasteiger partial charge >= 0.3 is 0 Å². The average Bonchev–Trinajstić information content (AvgIpc) is 1.55. The minimum absolute atomic E-state index is 0.960. The average molecular weight is 1770 g/mol. The lowest BCUT2D eigenvalue weighted by Crippen LogP contribution is -1.97. The molecule has 6 nitrogen and oxygen atoms in total. The molecule has 0 N–H and O–H groups in total. The standard InChI is InChI=1S/C47H30N2.2C43H28N2/c1-3-13-31(14-4-1)35-29-41(34-17-5-2-6-18-34)48-42(30-35)39-22-11-23-40-38(39)21-12-24-43(40)49-44-27-25-32-15-7-9-19-36(32)46(44)47-37-20-10-8-16-33(37)26-28-45(47)49;1-3-14-31(15-4-1)38-27-34(28-39(44-38)32-16-5-2-6-17-32)33-18-11-19-35(26-33)45-40-24-22-29-12-7-9-20-36(29)42(40)43-37-21-10-8-13-30(37)23-25-41(43)45;1-3-13-32(14-4-1)38-27-34(28-39(44-38)33-15-5-2-6-16-33)29-19-23-35(24-20-29)45-40-25-21-30-11-7-9-17-36(30)42(40)43-37-18-10-8-12-31(37)22-26-41(43)45/h1-30H;2*1-28H. The Labute approximate surface area is 803 Å². The van der Waals surface area contributed by atoms with Crippen molar-refractivity contribution in [1.29, 1.82) is 0 Å². The molecule has 22 aromatic carbocycles. The van der Waals surface area contributed by atoms with E-state index in [1.54, 1.807) is 0 Å². The molecule has 0 atom stereocenters. The fourth-order valence-corrected chi connectivity index (χ4v) is 21.4. The summed E-state index contributed by atoms with van der Waals surface area (Å²) in [6, 6.07) is 187. The quantitative estimate of drug-likeness (QED) is 0.122. The highest BCUT2D eigenvalue weighted by Gasteiger charge is 2.25. The molecule has 648 valence electrons. The summed E-state index contributed by atoms with van der Waals surface area (Å²) in [7, 11) is 0. The predicted molar refractivity (Wildman–Crippen MR) is 587 cm³/mol. The van der Waals surface area contributed by atoms with E-state index < -0.39 is 0 Å². The Kier molecular flexibility index (Phi) is 20.2. The summed E-state index contributed by atoms with van der Waals surface area (Å²) in [5, 5.41) is 25.4. The van der Waals surface area contributed by atoms with E-state index in [1.165, 1.54) is 146 Å². The van der Waals surface area contributed by atoms with Gasteiger partial charge in [0, 0.05) is 82.5 Å². The summed E-state index contributed by atoms with van der Waals surface area (Å²) < 4.78 is 7.33. The number of hydrogen-bond donors (Lipinski definition) is 0. The highest BCUT2D eigenvalue weighted by atomic mass is 15.0. The number of pyridine rings is 3. The molecule has 0 aliphatic heterocycles. The maximum atomic E-state index is 5.30. The number of benzene rings is 22. The van der Waals surface area contributed by atoms with Crippen LogP contribution in [0.25, 0.3) is 259 Å². The predicted octanol–water partition coefficient (Wildman–Crippen LogP) is 35.6. The van der Waals surface area contributed by atoms with Gasteiger partial charge in [-0.15, -0.1) is 0 Å². The van der Waals surface area contributed by atoms with Crippen molar-refractivity contribution in [2.24, 2.45) is 0 Å². The molecule has 0 saturated heterocycles. The van der Waals surface area contributed by atoms with Crippen LogP contribution in [0.3, 0.4) is 0 Å². The van der Waals surface area contributed by atoms with E-state index in [1.807, 2.05) is 24.3 Å². The maximum absolute atomic E-state index is 5.30. The number of hydrogen-bond acceptors (Lipinski definition) is 3. The Bertz CT molecular complexity index is 9210. The van der Waals surface area contributed by atoms with Crippen molar-refractivity contribution in [1.82, 2.24) is 28.7 Å². The van der Waals surface area contributed by atoms with Gasteiger partial charge in [-0.05, 0) is 207 Å². The van der Waals surface area contributed by atoms with Crippen molar-refractivity contribution >= 4 is 141 Å². The van der Waals surface area contributed by atoms with E-state index in [4.69, 9.17) is 15.0 Å². The smallest absolute Gasteiger partial charge is 0.0721 e. The van der Waals surface area contributed by atoms with E-state index in [-0.39, 0.29) is 0 Å². The van der Waals surface area contributed by atoms with Crippen molar-refractivity contribution in [3.05, 3.63) is 522 Å². The Morgan fingerprint density at radius 1 is 0.129 bits per heavy atom. The zero-order chi connectivity index (χ0) is 91.8. The van der Waals surface area contributed by atoms with E-state index in [2.05, 4.69) is 511 Å². The monoisotopic (exact) mass is 1770 g/mol. The summed E-state index contributed by atoms with van der Waals surface area (Å²) in [4.78, 5) is 15.5. The third-order valence-corrected chi connectivity index (χ3v) is 27.9. The first kappa shape index (κ1) is 81.3. The molecule has 28 rings (SSSR count). The molecule has 0 amide bonds. The molecule has 0 radical (unpaired) electrons. The zero-order valence-electron chi connectivity index (χ0n) is 75.8. The fourth-order valence-electron chi connectivity index (χ4n) is 21.4. The lowest BCUT2D eigenvalue weighted by atomic mass is 9.96. The van der Waals surface area contributed by atoms with Gasteiger partial charge in [0.05, 0.1) is 73.0 Å². The van der Waals surface area contributed by atoms with Gasteiger partial charge in [0.15, 0.2) is 0 Å². The maximum Gasteiger partial charge on any atom is 0.0721 e. The summed E-state index contributed by atoms with van der Waals surface area (Å²) in [5.41, 5.74) is 30.1. The molecule has 6 heteroatoms. The van der Waals surface area contributed by atoms with Gasteiger partial charge in [-0.3, -0.25) is 0 Å². The minimum Gasteiger partial charge on any atom is -0.309 e. The molecule has 0 saturated carbocycles. The van der Waals surface area contributed by atoms with E-state index in [0.29, 0.717) is 0 Å². The molecule has 6 aromatic heterocycles. The highest BCUT2D eigenvalue weighted by molar-refractivity contribution is 6.32. The largest absolute Gasteiger partial charge is 0.309 e. The van der Waals surface area contributed by atoms with Crippen LogP contribution in [0.2, 0.25) is 0 Å². The molecule has 0 aliphatic carbocycles. The number of fused-ring (bicyclic) bond motifs is 22. The number of aromatic nitrogens is 6. The van der Waals surface area contributed by atoms with Crippen molar-refractivity contribution in [3.8, 4) is 118 Å². The Morgan fingerprint density at radius 2 is 0.374 bits per heavy atom. The van der Waals surface area contributed by atoms with Gasteiger partial charge in [0.2, 0.25) is 0 Å². The first-order valence-corrected chi connectivity index (χ1v) is 47.6. The van der Waals surface area contributed by atoms with Crippen LogP contribution in [0.15, 0.2) is 522 Å². The third kappa shape index (κ3) is 14.5. The second-order valence-corrected chi connectivity index (χ2v) is 35.9. The first-order chi connectivity index (χ1) is 68.9. The lowest BCUT2D eigenvalue weighted by molar-refractivity contribution is 1.18. The topological polar surface area (TPSA) is 53.5 Å². The van der Waals surface area contributed by atoms with Crippen LogP contribution in [0.5, 0.6) is 0 Å². The van der Waals surface area contributed by atoms with E-state index in [0.717, 1.165) is 112 Å². The Balaban J connectivity index is 0.000000108. The van der Waals surface area contributed by atoms with Gasteiger partial charge in [-0.1, -0.05) is 419 Å². The number of rotatable bonds is 12. The normalized spacial score (nSPS) is 11.6. The van der Waals surface area contributed by atoms with Crippen molar-refractivity contribution < 1.29 is 0 Å². The lowest BCUT2D eigenvalue weighted by Gasteiger charge is -2.15. The van der Waals surface area contributed by atoms with Crippen LogP contribution < -0.4 is 0 Å². The molecular formula is C133H86N6. The molecule has 0 unspecified atom stereocenters. The highest BCUT2D eigenvalue weighted by Crippen LogP contribution is 2.48. The van der Waals surface area contributed by atoms with Crippen molar-refractivity contribution in [2.45, 2.75) is 0 Å². The van der Waals surface area contributed by atoms with Crippen LogP contribution in [-0.4, -0.2) is 28.7 Å². The molecular weight excluding hydrogens is 1680 g/mol. The van der Waals surface area contributed by atoms with E-state index in [9.17, 15) is 0 Å². The molecule has 139 heavy (non-hydrogen) atoms. The summed E-state index contributed by atoms with van der Waals surface area (Å²) in [5.74, 6) is 0. The van der Waals surface area contributed by atoms with Crippen molar-refractivity contribution in [3.63, 3.8) is 0 Å². The second kappa shape index (κ2) is 34.5.